The Morgan fingerprint density at radius 3 is 2.77 bits per heavy atom. The highest BCUT2D eigenvalue weighted by atomic mass is 35.5. The van der Waals surface area contributed by atoms with Crippen LogP contribution in [-0.2, 0) is 0 Å². The molecule has 31 heavy (non-hydrogen) atoms. The lowest BCUT2D eigenvalue weighted by molar-refractivity contribution is -0.385. The Labute approximate surface area is 184 Å². The van der Waals surface area contributed by atoms with Gasteiger partial charge in [0.1, 0.15) is 5.75 Å². The molecule has 2 aliphatic rings. The number of nitro groups is 1. The van der Waals surface area contributed by atoms with Gasteiger partial charge in [-0.3, -0.25) is 10.1 Å². The molecule has 0 aromatic heterocycles. The van der Waals surface area contributed by atoms with Crippen LogP contribution in [0.2, 0.25) is 5.02 Å². The number of benzene rings is 3. The fourth-order valence-electron chi connectivity index (χ4n) is 4.28. The Balaban J connectivity index is 1.63. The number of rotatable bonds is 3. The number of fused-ring (bicyclic) bond motifs is 3. The summed E-state index contributed by atoms with van der Waals surface area (Å²) in [4.78, 5) is 10.9. The quantitative estimate of drug-likeness (QED) is 0.369. The smallest absolute Gasteiger partial charge is 0.269 e. The summed E-state index contributed by atoms with van der Waals surface area (Å²) in [5.74, 6) is 0.722. The van der Waals surface area contributed by atoms with Crippen molar-refractivity contribution in [2.75, 3.05) is 0 Å². The average Bonchev–Trinajstić information content (AvgIpc) is 3.20. The Bertz CT molecular complexity index is 1240. The van der Waals surface area contributed by atoms with E-state index in [-0.39, 0.29) is 11.7 Å². The van der Waals surface area contributed by atoms with Crippen LogP contribution in [0.5, 0.6) is 5.75 Å². The van der Waals surface area contributed by atoms with Gasteiger partial charge in [-0.2, -0.15) is 5.10 Å². The summed E-state index contributed by atoms with van der Waals surface area (Å²) in [5, 5.41) is 18.8. The fourth-order valence-corrected chi connectivity index (χ4v) is 4.46. The van der Waals surface area contributed by atoms with Crippen LogP contribution in [0.3, 0.4) is 0 Å². The van der Waals surface area contributed by atoms with Crippen LogP contribution >= 0.6 is 11.6 Å². The summed E-state index contributed by atoms with van der Waals surface area (Å²) in [5.41, 5.74) is 6.08. The van der Waals surface area contributed by atoms with Crippen LogP contribution in [0.4, 0.5) is 5.69 Å². The van der Waals surface area contributed by atoms with Crippen LogP contribution < -0.4 is 4.74 Å². The standard InChI is InChI=1S/C24H20ClN3O3/c1-14-6-7-15(2)19(10-14)21-13-22-20-12-17(25)8-9-23(20)31-24(27(22)26-21)16-4-3-5-18(11-16)28(29)30/h3-12,22,24H,13H2,1-2H3/t22-,24+/m0/s1. The van der Waals surface area contributed by atoms with E-state index in [0.717, 1.165) is 28.2 Å². The molecular weight excluding hydrogens is 414 g/mol. The molecule has 7 heteroatoms. The number of hydrogen-bond donors (Lipinski definition) is 0. The van der Waals surface area contributed by atoms with Crippen molar-refractivity contribution in [2.45, 2.75) is 32.5 Å². The highest BCUT2D eigenvalue weighted by Gasteiger charge is 2.41. The molecule has 5 rings (SSSR count). The van der Waals surface area contributed by atoms with Crippen LogP contribution in [0.15, 0.2) is 65.8 Å². The van der Waals surface area contributed by atoms with Gasteiger partial charge in [0.15, 0.2) is 0 Å². The van der Waals surface area contributed by atoms with E-state index < -0.39 is 11.2 Å². The van der Waals surface area contributed by atoms with Gasteiger partial charge in [-0.1, -0.05) is 41.4 Å². The van der Waals surface area contributed by atoms with Crippen molar-refractivity contribution in [3.8, 4) is 5.75 Å². The summed E-state index contributed by atoms with van der Waals surface area (Å²) < 4.78 is 6.30. The van der Waals surface area contributed by atoms with Gasteiger partial charge in [-0.15, -0.1) is 0 Å². The minimum Gasteiger partial charge on any atom is -0.464 e. The molecule has 0 spiro atoms. The molecule has 2 atom stereocenters. The third kappa shape index (κ3) is 3.43. The largest absolute Gasteiger partial charge is 0.464 e. The molecule has 0 N–H and O–H groups in total. The lowest BCUT2D eigenvalue weighted by Gasteiger charge is -2.38. The van der Waals surface area contributed by atoms with Crippen LogP contribution in [0.1, 0.15) is 46.5 Å². The van der Waals surface area contributed by atoms with Crippen molar-refractivity contribution < 1.29 is 9.66 Å². The lowest BCUT2D eigenvalue weighted by Crippen LogP contribution is -2.33. The van der Waals surface area contributed by atoms with Crippen molar-refractivity contribution in [1.82, 2.24) is 5.01 Å². The first kappa shape index (κ1) is 19.6. The first-order valence-electron chi connectivity index (χ1n) is 10.0. The van der Waals surface area contributed by atoms with E-state index in [0.29, 0.717) is 17.0 Å². The van der Waals surface area contributed by atoms with Gasteiger partial charge in [0.25, 0.3) is 5.69 Å². The summed E-state index contributed by atoms with van der Waals surface area (Å²) in [6.45, 7) is 4.14. The molecule has 0 unspecified atom stereocenters. The summed E-state index contributed by atoms with van der Waals surface area (Å²) in [6.07, 6.45) is 0.132. The summed E-state index contributed by atoms with van der Waals surface area (Å²) >= 11 is 6.29. The van der Waals surface area contributed by atoms with Gasteiger partial charge in [-0.05, 0) is 43.7 Å². The summed E-state index contributed by atoms with van der Waals surface area (Å²) in [6, 6.07) is 18.4. The molecule has 2 heterocycles. The molecule has 0 amide bonds. The number of hydrogen-bond acceptors (Lipinski definition) is 5. The van der Waals surface area contributed by atoms with Crippen LogP contribution in [0, 0.1) is 24.0 Å². The third-order valence-electron chi connectivity index (χ3n) is 5.82. The maximum absolute atomic E-state index is 11.3. The monoisotopic (exact) mass is 433 g/mol. The van der Waals surface area contributed by atoms with Crippen LogP contribution in [0.25, 0.3) is 0 Å². The van der Waals surface area contributed by atoms with Gasteiger partial charge >= 0.3 is 0 Å². The van der Waals surface area contributed by atoms with E-state index in [1.165, 1.54) is 11.6 Å². The highest BCUT2D eigenvalue weighted by Crippen LogP contribution is 2.48. The second-order valence-corrected chi connectivity index (χ2v) is 8.41. The zero-order valence-corrected chi connectivity index (χ0v) is 17.8. The molecule has 0 radical (unpaired) electrons. The topological polar surface area (TPSA) is 68.0 Å². The number of nitro benzene ring substituents is 1. The van der Waals surface area contributed by atoms with Gasteiger partial charge < -0.3 is 4.74 Å². The summed E-state index contributed by atoms with van der Waals surface area (Å²) in [7, 11) is 0. The van der Waals surface area contributed by atoms with E-state index in [1.54, 1.807) is 18.2 Å². The number of halogens is 1. The second kappa shape index (κ2) is 7.39. The molecule has 0 fully saturated rings. The van der Waals surface area contributed by atoms with Crippen molar-refractivity contribution in [1.29, 1.82) is 0 Å². The first-order valence-corrected chi connectivity index (χ1v) is 10.4. The highest BCUT2D eigenvalue weighted by molar-refractivity contribution is 6.30. The Kier molecular flexibility index (Phi) is 4.67. The number of hydrazone groups is 1. The fraction of sp³-hybridized carbons (Fsp3) is 0.208. The molecule has 156 valence electrons. The molecule has 2 aliphatic heterocycles. The second-order valence-electron chi connectivity index (χ2n) is 7.97. The Morgan fingerprint density at radius 1 is 1.13 bits per heavy atom. The van der Waals surface area contributed by atoms with E-state index in [4.69, 9.17) is 21.4 Å². The molecule has 3 aromatic carbocycles. The molecule has 6 nitrogen and oxygen atoms in total. The molecule has 3 aromatic rings. The predicted octanol–water partition coefficient (Wildman–Crippen LogP) is 6.11. The molecule has 0 bridgehead atoms. The number of ether oxygens (including phenoxy) is 1. The molecule has 0 saturated carbocycles. The average molecular weight is 434 g/mol. The van der Waals surface area contributed by atoms with Gasteiger partial charge in [0.2, 0.25) is 6.23 Å². The maximum atomic E-state index is 11.3. The number of aryl methyl sites for hydroxylation is 2. The first-order chi connectivity index (χ1) is 14.9. The lowest BCUT2D eigenvalue weighted by atomic mass is 9.93. The van der Waals surface area contributed by atoms with Gasteiger partial charge in [0, 0.05) is 40.3 Å². The minimum absolute atomic E-state index is 0.0254. The van der Waals surface area contributed by atoms with Crippen molar-refractivity contribution in [2.24, 2.45) is 5.10 Å². The third-order valence-corrected chi connectivity index (χ3v) is 6.06. The van der Waals surface area contributed by atoms with Crippen molar-refractivity contribution in [3.63, 3.8) is 0 Å². The van der Waals surface area contributed by atoms with E-state index in [2.05, 4.69) is 32.0 Å². The molecule has 0 aliphatic carbocycles. The predicted molar refractivity (Wildman–Crippen MR) is 120 cm³/mol. The molecular formula is C24H20ClN3O3. The molecule has 0 saturated heterocycles. The van der Waals surface area contributed by atoms with E-state index in [1.807, 2.05) is 23.2 Å². The van der Waals surface area contributed by atoms with Crippen molar-refractivity contribution >= 4 is 23.0 Å². The number of non-ortho nitro benzene ring substituents is 1. The Hall–Kier alpha value is -3.38. The normalized spacial score (nSPS) is 19.3. The van der Waals surface area contributed by atoms with E-state index >= 15 is 0 Å². The Morgan fingerprint density at radius 2 is 1.97 bits per heavy atom. The number of nitrogens with zero attached hydrogens (tertiary/aromatic N) is 3. The zero-order valence-electron chi connectivity index (χ0n) is 17.1. The van der Waals surface area contributed by atoms with Crippen LogP contribution in [-0.4, -0.2) is 15.6 Å². The van der Waals surface area contributed by atoms with Gasteiger partial charge in [-0.25, -0.2) is 5.01 Å². The maximum Gasteiger partial charge on any atom is 0.269 e. The minimum atomic E-state index is -0.568. The van der Waals surface area contributed by atoms with Crippen molar-refractivity contribution in [3.05, 3.63) is 104 Å². The zero-order chi connectivity index (χ0) is 21.7. The van der Waals surface area contributed by atoms with Gasteiger partial charge in [0.05, 0.1) is 16.7 Å². The SMILES string of the molecule is Cc1ccc(C)c(C2=NN3[C@@H](c4cccc([N+](=O)[O-])c4)Oc4ccc(Cl)cc4[C@@H]3C2)c1. The van der Waals surface area contributed by atoms with E-state index in [9.17, 15) is 10.1 Å².